The van der Waals surface area contributed by atoms with Crippen LogP contribution in [0.25, 0.3) is 0 Å². The van der Waals surface area contributed by atoms with Gasteiger partial charge in [0.1, 0.15) is 5.75 Å². The number of aryl methyl sites for hydroxylation is 1. The number of fused-ring (bicyclic) bond motifs is 1. The molecule has 2 heterocycles. The van der Waals surface area contributed by atoms with Crippen molar-refractivity contribution in [2.75, 3.05) is 12.9 Å². The summed E-state index contributed by atoms with van der Waals surface area (Å²) < 4.78 is 4.60. The maximum Gasteiger partial charge on any atom is 0.351 e. The molecular formula is C9H10O3S2. The van der Waals surface area contributed by atoms with Crippen LogP contribution >= 0.6 is 23.1 Å². The maximum atomic E-state index is 11.3. The Morgan fingerprint density at radius 1 is 1.57 bits per heavy atom. The molecule has 0 fully saturated rings. The second-order valence-electron chi connectivity index (χ2n) is 2.98. The highest BCUT2D eigenvalue weighted by molar-refractivity contribution is 7.98. The molecule has 76 valence electrons. The number of carbonyl (C=O) groups is 1. The van der Waals surface area contributed by atoms with Gasteiger partial charge in [-0.25, -0.2) is 4.79 Å². The Morgan fingerprint density at radius 2 is 2.36 bits per heavy atom. The molecule has 0 atom stereocenters. The van der Waals surface area contributed by atoms with E-state index in [0.717, 1.165) is 28.4 Å². The van der Waals surface area contributed by atoms with E-state index in [4.69, 9.17) is 0 Å². The Balaban J connectivity index is 2.43. The Bertz CT molecular complexity index is 370. The summed E-state index contributed by atoms with van der Waals surface area (Å²) in [5.74, 6) is 1.55. The molecule has 1 N–H and O–H groups in total. The first kappa shape index (κ1) is 9.86. The van der Waals surface area contributed by atoms with Crippen LogP contribution < -0.4 is 0 Å². The van der Waals surface area contributed by atoms with Crippen LogP contribution in [0.5, 0.6) is 5.75 Å². The van der Waals surface area contributed by atoms with E-state index in [1.54, 1.807) is 11.8 Å². The average molecular weight is 230 g/mol. The van der Waals surface area contributed by atoms with Crippen molar-refractivity contribution in [2.45, 2.75) is 12.2 Å². The smallest absolute Gasteiger partial charge is 0.351 e. The van der Waals surface area contributed by atoms with Crippen molar-refractivity contribution in [2.24, 2.45) is 0 Å². The molecule has 0 amide bonds. The molecule has 1 aliphatic heterocycles. The zero-order valence-corrected chi connectivity index (χ0v) is 9.33. The molecule has 0 aliphatic carbocycles. The first-order valence-electron chi connectivity index (χ1n) is 4.23. The SMILES string of the molecule is COC(=O)c1sc2c(c1O)CSCC2. The lowest BCUT2D eigenvalue weighted by atomic mass is 10.2. The number of methoxy groups -OCH3 is 1. The maximum absolute atomic E-state index is 11.3. The van der Waals surface area contributed by atoms with Crippen LogP contribution in [0.1, 0.15) is 20.1 Å². The molecular weight excluding hydrogens is 220 g/mol. The summed E-state index contributed by atoms with van der Waals surface area (Å²) in [7, 11) is 1.33. The van der Waals surface area contributed by atoms with Gasteiger partial charge in [-0.1, -0.05) is 0 Å². The summed E-state index contributed by atoms with van der Waals surface area (Å²) in [6, 6.07) is 0. The van der Waals surface area contributed by atoms with Gasteiger partial charge in [-0.15, -0.1) is 11.3 Å². The van der Waals surface area contributed by atoms with Crippen molar-refractivity contribution in [3.8, 4) is 5.75 Å². The molecule has 3 nitrogen and oxygen atoms in total. The molecule has 0 bridgehead atoms. The summed E-state index contributed by atoms with van der Waals surface area (Å²) in [5, 5.41) is 9.77. The van der Waals surface area contributed by atoms with Crippen LogP contribution in [-0.2, 0) is 16.9 Å². The minimum Gasteiger partial charge on any atom is -0.506 e. The zero-order valence-electron chi connectivity index (χ0n) is 7.70. The first-order valence-corrected chi connectivity index (χ1v) is 6.20. The van der Waals surface area contributed by atoms with Gasteiger partial charge < -0.3 is 9.84 Å². The van der Waals surface area contributed by atoms with Gasteiger partial charge in [0.15, 0.2) is 4.88 Å². The quantitative estimate of drug-likeness (QED) is 0.750. The van der Waals surface area contributed by atoms with Crippen LogP contribution in [0.3, 0.4) is 0 Å². The van der Waals surface area contributed by atoms with Gasteiger partial charge in [-0.05, 0) is 12.2 Å². The number of thiophene rings is 1. The van der Waals surface area contributed by atoms with E-state index >= 15 is 0 Å². The lowest BCUT2D eigenvalue weighted by molar-refractivity contribution is 0.0603. The monoisotopic (exact) mass is 230 g/mol. The Labute approximate surface area is 90.1 Å². The molecule has 14 heavy (non-hydrogen) atoms. The van der Waals surface area contributed by atoms with Crippen molar-refractivity contribution < 1.29 is 14.6 Å². The molecule has 1 aromatic heterocycles. The molecule has 2 rings (SSSR count). The highest BCUT2D eigenvalue weighted by Gasteiger charge is 2.24. The Hall–Kier alpha value is -0.680. The van der Waals surface area contributed by atoms with Crippen LogP contribution in [-0.4, -0.2) is 23.9 Å². The molecule has 0 radical (unpaired) electrons. The topological polar surface area (TPSA) is 46.5 Å². The number of rotatable bonds is 1. The van der Waals surface area contributed by atoms with Crippen molar-refractivity contribution in [3.05, 3.63) is 15.3 Å². The molecule has 0 aromatic carbocycles. The Kier molecular flexibility index (Phi) is 2.69. The summed E-state index contributed by atoms with van der Waals surface area (Å²) in [6.07, 6.45) is 0.940. The summed E-state index contributed by atoms with van der Waals surface area (Å²) in [6.45, 7) is 0. The largest absolute Gasteiger partial charge is 0.506 e. The number of esters is 1. The van der Waals surface area contributed by atoms with Gasteiger partial charge in [0, 0.05) is 16.2 Å². The highest BCUT2D eigenvalue weighted by atomic mass is 32.2. The minimum atomic E-state index is -0.438. The number of hydrogen-bond acceptors (Lipinski definition) is 5. The van der Waals surface area contributed by atoms with Crippen LogP contribution in [0.15, 0.2) is 0 Å². The van der Waals surface area contributed by atoms with Gasteiger partial charge in [-0.2, -0.15) is 11.8 Å². The molecule has 1 aromatic rings. The lowest BCUT2D eigenvalue weighted by Gasteiger charge is -2.09. The summed E-state index contributed by atoms with van der Waals surface area (Å²) in [5.41, 5.74) is 0.923. The van der Waals surface area contributed by atoms with Crippen molar-refractivity contribution >= 4 is 29.1 Å². The van der Waals surface area contributed by atoms with E-state index in [1.807, 2.05) is 0 Å². The second kappa shape index (κ2) is 3.82. The molecule has 0 saturated heterocycles. The van der Waals surface area contributed by atoms with Gasteiger partial charge in [0.2, 0.25) is 0 Å². The molecule has 5 heteroatoms. The molecule has 0 spiro atoms. The lowest BCUT2D eigenvalue weighted by Crippen LogP contribution is -1.98. The van der Waals surface area contributed by atoms with Crippen molar-refractivity contribution in [1.29, 1.82) is 0 Å². The standard InChI is InChI=1S/C9H10O3S2/c1-12-9(11)8-7(10)5-4-13-3-2-6(5)14-8/h10H,2-4H2,1H3. The number of carbonyl (C=O) groups excluding carboxylic acids is 1. The van der Waals surface area contributed by atoms with Crippen LogP contribution in [0, 0.1) is 0 Å². The summed E-state index contributed by atoms with van der Waals surface area (Å²) in [4.78, 5) is 12.7. The number of ether oxygens (including phenoxy) is 1. The van der Waals surface area contributed by atoms with Crippen molar-refractivity contribution in [1.82, 2.24) is 0 Å². The average Bonchev–Trinajstić information content (AvgIpc) is 2.56. The number of thioether (sulfide) groups is 1. The van der Waals surface area contributed by atoms with E-state index in [1.165, 1.54) is 18.4 Å². The summed E-state index contributed by atoms with van der Waals surface area (Å²) >= 11 is 3.14. The first-order chi connectivity index (χ1) is 6.74. The zero-order chi connectivity index (χ0) is 10.1. The normalized spacial score (nSPS) is 14.9. The van der Waals surface area contributed by atoms with Gasteiger partial charge in [0.25, 0.3) is 0 Å². The third-order valence-electron chi connectivity index (χ3n) is 2.15. The van der Waals surface area contributed by atoms with Crippen LogP contribution in [0.2, 0.25) is 0 Å². The van der Waals surface area contributed by atoms with Gasteiger partial charge in [0.05, 0.1) is 7.11 Å². The predicted molar refractivity (Wildman–Crippen MR) is 57.2 cm³/mol. The third-order valence-corrected chi connectivity index (χ3v) is 4.40. The van der Waals surface area contributed by atoms with Gasteiger partial charge >= 0.3 is 5.97 Å². The fraction of sp³-hybridized carbons (Fsp3) is 0.444. The van der Waals surface area contributed by atoms with E-state index in [9.17, 15) is 9.90 Å². The van der Waals surface area contributed by atoms with E-state index in [2.05, 4.69) is 4.74 Å². The number of hydrogen-bond donors (Lipinski definition) is 1. The second-order valence-corrected chi connectivity index (χ2v) is 5.19. The van der Waals surface area contributed by atoms with E-state index < -0.39 is 5.97 Å². The molecule has 0 unspecified atom stereocenters. The van der Waals surface area contributed by atoms with Crippen LogP contribution in [0.4, 0.5) is 0 Å². The van der Waals surface area contributed by atoms with E-state index in [0.29, 0.717) is 4.88 Å². The van der Waals surface area contributed by atoms with E-state index in [-0.39, 0.29) is 5.75 Å². The highest BCUT2D eigenvalue weighted by Crippen LogP contribution is 2.40. The Morgan fingerprint density at radius 3 is 3.00 bits per heavy atom. The minimum absolute atomic E-state index is 0.129. The molecule has 0 saturated carbocycles. The fourth-order valence-corrected chi connectivity index (χ4v) is 3.78. The molecule has 1 aliphatic rings. The van der Waals surface area contributed by atoms with Crippen molar-refractivity contribution in [3.63, 3.8) is 0 Å². The fourth-order valence-electron chi connectivity index (χ4n) is 1.42. The van der Waals surface area contributed by atoms with Gasteiger partial charge in [-0.3, -0.25) is 0 Å². The number of aromatic hydroxyl groups is 1. The predicted octanol–water partition coefficient (Wildman–Crippen LogP) is 2.03. The third kappa shape index (κ3) is 1.50.